The number of aliphatic imine (C=N–C) groups is 1. The largest absolute Gasteiger partial charge is 0.482 e. The molecule has 0 bridgehead atoms. The summed E-state index contributed by atoms with van der Waals surface area (Å²) in [5.74, 6) is 1.16. The van der Waals surface area contributed by atoms with Crippen LogP contribution in [0.15, 0.2) is 53.5 Å². The van der Waals surface area contributed by atoms with E-state index < -0.39 is 17.6 Å². The minimum Gasteiger partial charge on any atom is -0.482 e. The van der Waals surface area contributed by atoms with Crippen molar-refractivity contribution in [3.8, 4) is 10.8 Å². The minimum absolute atomic E-state index is 0.0578. The maximum Gasteiger partial charge on any atom is 0.344 e. The van der Waals surface area contributed by atoms with Crippen LogP contribution in [-0.2, 0) is 19.1 Å². The highest BCUT2D eigenvalue weighted by molar-refractivity contribution is 7.15. The highest BCUT2D eigenvalue weighted by Crippen LogP contribution is 2.39. The molecule has 43 heavy (non-hydrogen) atoms. The number of nitrogens with zero attached hydrogens (tertiary/aromatic N) is 4. The Morgan fingerprint density at radius 1 is 0.953 bits per heavy atom. The Morgan fingerprint density at radius 3 is 2.23 bits per heavy atom. The summed E-state index contributed by atoms with van der Waals surface area (Å²) in [5, 5.41) is 13.1. The first-order chi connectivity index (χ1) is 20.4. The molecule has 0 fully saturated rings. The quantitative estimate of drug-likeness (QED) is 0.238. The molecule has 1 aliphatic rings. The van der Waals surface area contributed by atoms with Gasteiger partial charge in [0.25, 0.3) is 0 Å². The summed E-state index contributed by atoms with van der Waals surface area (Å²) >= 11 is 1.67. The van der Waals surface area contributed by atoms with Crippen LogP contribution in [0, 0.1) is 20.8 Å². The Labute approximate surface area is 254 Å². The molecule has 1 atom stereocenters. The van der Waals surface area contributed by atoms with Crippen LogP contribution in [0.1, 0.15) is 66.5 Å². The Morgan fingerprint density at radius 2 is 1.60 bits per heavy atom. The molecule has 0 radical (unpaired) electrons. The Kier molecular flexibility index (Phi) is 8.36. The van der Waals surface area contributed by atoms with Crippen LogP contribution < -0.4 is 10.1 Å². The molecule has 4 aromatic rings. The third-order valence-electron chi connectivity index (χ3n) is 6.91. The lowest BCUT2D eigenvalue weighted by molar-refractivity contribution is -0.157. The molecule has 0 saturated carbocycles. The third-order valence-corrected chi connectivity index (χ3v) is 8.10. The molecule has 0 unspecified atom stereocenters. The van der Waals surface area contributed by atoms with Crippen molar-refractivity contribution in [2.45, 2.75) is 59.6 Å². The zero-order valence-electron chi connectivity index (χ0n) is 25.3. The number of fused-ring (bicyclic) bond motifs is 3. The van der Waals surface area contributed by atoms with Gasteiger partial charge in [-0.3, -0.25) is 14.4 Å². The molecule has 5 rings (SSSR count). The van der Waals surface area contributed by atoms with Crippen molar-refractivity contribution in [2.24, 2.45) is 4.99 Å². The Balaban J connectivity index is 1.38. The van der Waals surface area contributed by atoms with E-state index in [4.69, 9.17) is 19.2 Å². The van der Waals surface area contributed by atoms with Gasteiger partial charge in [0.15, 0.2) is 12.4 Å². The predicted octanol–water partition coefficient (Wildman–Crippen LogP) is 6.17. The van der Waals surface area contributed by atoms with Gasteiger partial charge in [0.05, 0.1) is 19.2 Å². The second kappa shape index (κ2) is 12.0. The number of hydrogen-bond acceptors (Lipinski definition) is 10. The number of methoxy groups -OCH3 is 1. The fourth-order valence-corrected chi connectivity index (χ4v) is 6.01. The molecule has 0 aliphatic carbocycles. The van der Waals surface area contributed by atoms with Gasteiger partial charge in [-0.1, -0.05) is 12.1 Å². The monoisotopic (exact) mass is 601 g/mol. The van der Waals surface area contributed by atoms with Crippen LogP contribution in [0.3, 0.4) is 0 Å². The second-order valence-electron chi connectivity index (χ2n) is 11.3. The molecule has 1 aliphatic heterocycles. The molecular weight excluding hydrogens is 566 g/mol. The predicted molar refractivity (Wildman–Crippen MR) is 166 cm³/mol. The van der Waals surface area contributed by atoms with Crippen LogP contribution in [0.25, 0.3) is 5.00 Å². The minimum atomic E-state index is -0.555. The van der Waals surface area contributed by atoms with E-state index in [1.165, 1.54) is 12.0 Å². The summed E-state index contributed by atoms with van der Waals surface area (Å²) in [6, 6.07) is 14.8. The van der Waals surface area contributed by atoms with E-state index in [1.807, 2.05) is 68.7 Å². The van der Waals surface area contributed by atoms with Crippen LogP contribution in [0.5, 0.6) is 5.75 Å². The summed E-state index contributed by atoms with van der Waals surface area (Å²) in [4.78, 5) is 30.6. The molecule has 2 aromatic carbocycles. The summed E-state index contributed by atoms with van der Waals surface area (Å²) in [6.45, 7) is 11.4. The van der Waals surface area contributed by atoms with Crippen molar-refractivity contribution in [1.29, 1.82) is 0 Å². The smallest absolute Gasteiger partial charge is 0.344 e. The van der Waals surface area contributed by atoms with E-state index in [-0.39, 0.29) is 19.0 Å². The summed E-state index contributed by atoms with van der Waals surface area (Å²) in [5.41, 5.74) is 5.06. The van der Waals surface area contributed by atoms with Gasteiger partial charge in [0, 0.05) is 27.4 Å². The van der Waals surface area contributed by atoms with Gasteiger partial charge in [-0.15, -0.1) is 21.5 Å². The van der Waals surface area contributed by atoms with Crippen LogP contribution in [0.2, 0.25) is 0 Å². The molecule has 0 saturated heterocycles. The highest BCUT2D eigenvalue weighted by atomic mass is 32.1. The summed E-state index contributed by atoms with van der Waals surface area (Å²) in [6.07, 6.45) is 0.0578. The van der Waals surface area contributed by atoms with Crippen LogP contribution >= 0.6 is 11.3 Å². The number of carbonyl (C=O) groups is 2. The van der Waals surface area contributed by atoms with Gasteiger partial charge in [0.2, 0.25) is 0 Å². The van der Waals surface area contributed by atoms with Crippen molar-refractivity contribution in [3.05, 3.63) is 81.7 Å². The maximum atomic E-state index is 12.4. The van der Waals surface area contributed by atoms with Crippen molar-refractivity contribution in [1.82, 2.24) is 14.8 Å². The van der Waals surface area contributed by atoms with Crippen molar-refractivity contribution in [3.63, 3.8) is 0 Å². The van der Waals surface area contributed by atoms with Gasteiger partial charge in [-0.05, 0) is 83.5 Å². The van der Waals surface area contributed by atoms with E-state index in [1.54, 1.807) is 23.5 Å². The SMILES string of the molecule is COC(=O)C[C@@H]1N=C(c2ccc(Nc3ccc(OCC(=O)OC(C)(C)C)cc3)cc2)c2c(sc(C)c2C)-n2c(C)nnc21. The van der Waals surface area contributed by atoms with E-state index in [2.05, 4.69) is 29.4 Å². The summed E-state index contributed by atoms with van der Waals surface area (Å²) < 4.78 is 17.8. The van der Waals surface area contributed by atoms with Gasteiger partial charge in [-0.25, -0.2) is 4.79 Å². The Hall–Kier alpha value is -4.51. The van der Waals surface area contributed by atoms with Crippen molar-refractivity contribution < 1.29 is 23.8 Å². The lowest BCUT2D eigenvalue weighted by Gasteiger charge is -2.19. The first-order valence-electron chi connectivity index (χ1n) is 13.9. The molecule has 2 aromatic heterocycles. The van der Waals surface area contributed by atoms with Gasteiger partial charge >= 0.3 is 11.9 Å². The van der Waals surface area contributed by atoms with E-state index in [0.29, 0.717) is 11.6 Å². The van der Waals surface area contributed by atoms with E-state index in [0.717, 1.165) is 44.6 Å². The van der Waals surface area contributed by atoms with E-state index in [9.17, 15) is 9.59 Å². The van der Waals surface area contributed by atoms with Gasteiger partial charge in [-0.2, -0.15) is 0 Å². The Bertz CT molecular complexity index is 1680. The fraction of sp³-hybridized carbons (Fsp3) is 0.344. The number of ether oxygens (including phenoxy) is 3. The molecule has 0 amide bonds. The first kappa shape index (κ1) is 30.0. The highest BCUT2D eigenvalue weighted by Gasteiger charge is 2.32. The fourth-order valence-electron chi connectivity index (χ4n) is 4.79. The van der Waals surface area contributed by atoms with E-state index >= 15 is 0 Å². The lowest BCUT2D eigenvalue weighted by Crippen LogP contribution is -2.27. The number of nitrogens with one attached hydrogen (secondary N) is 1. The zero-order chi connectivity index (χ0) is 30.9. The molecule has 224 valence electrons. The number of carbonyl (C=O) groups excluding carboxylic acids is 2. The number of thiophene rings is 1. The molecule has 0 spiro atoms. The summed E-state index contributed by atoms with van der Waals surface area (Å²) in [7, 11) is 1.38. The standard InChI is InChI=1S/C32H35N5O5S/c1-18-19(2)43-31-28(18)29(34-25(16-26(38)40-7)30-36-35-20(3)37(30)31)21-8-10-22(11-9-21)33-23-12-14-24(15-13-23)41-17-27(39)42-32(4,5)6/h8-15,25,33H,16-17H2,1-7H3/t25-/m0/s1. The molecule has 1 N–H and O–H groups in total. The zero-order valence-corrected chi connectivity index (χ0v) is 26.2. The van der Waals surface area contributed by atoms with Gasteiger partial charge < -0.3 is 19.5 Å². The average molecular weight is 602 g/mol. The number of aryl methyl sites for hydroxylation is 2. The van der Waals surface area contributed by atoms with Crippen molar-refractivity contribution in [2.75, 3.05) is 19.0 Å². The van der Waals surface area contributed by atoms with Crippen molar-refractivity contribution >= 4 is 40.4 Å². The lowest BCUT2D eigenvalue weighted by atomic mass is 9.99. The molecule has 11 heteroatoms. The number of aromatic nitrogens is 3. The number of hydrogen-bond donors (Lipinski definition) is 1. The number of esters is 2. The molecule has 3 heterocycles. The number of benzene rings is 2. The topological polar surface area (TPSA) is 117 Å². The maximum absolute atomic E-state index is 12.4. The van der Waals surface area contributed by atoms with Crippen LogP contribution in [-0.4, -0.2) is 51.7 Å². The molecule has 10 nitrogen and oxygen atoms in total. The first-order valence-corrected chi connectivity index (χ1v) is 14.7. The third kappa shape index (κ3) is 6.61. The average Bonchev–Trinajstić information content (AvgIpc) is 3.44. The number of rotatable bonds is 8. The second-order valence-corrected chi connectivity index (χ2v) is 12.5. The molecular formula is C32H35N5O5S. The normalized spacial score (nSPS) is 14.2. The van der Waals surface area contributed by atoms with Crippen LogP contribution in [0.4, 0.5) is 11.4 Å². The van der Waals surface area contributed by atoms with Gasteiger partial charge in [0.1, 0.15) is 28.2 Å². The number of anilines is 2.